The predicted octanol–water partition coefficient (Wildman–Crippen LogP) is 10.5. The van der Waals surface area contributed by atoms with Crippen molar-refractivity contribution < 1.29 is 137 Å². The van der Waals surface area contributed by atoms with Gasteiger partial charge in [-0.05, 0) is 25.7 Å². The van der Waals surface area contributed by atoms with Crippen LogP contribution in [0.3, 0.4) is 0 Å². The largest absolute Gasteiger partial charge is 3.00 e. The van der Waals surface area contributed by atoms with Gasteiger partial charge < -0.3 is 18.2 Å². The molecule has 0 heterocycles. The van der Waals surface area contributed by atoms with Crippen LogP contribution in [0.25, 0.3) is 0 Å². The van der Waals surface area contributed by atoms with Crippen molar-refractivity contribution in [3.63, 3.8) is 0 Å². The van der Waals surface area contributed by atoms with Gasteiger partial charge in [-0.3, -0.25) is 16.7 Å². The molecular weight excluding hydrogens is 1140 g/mol. The third-order valence-corrected chi connectivity index (χ3v) is 12.7. The molecule has 0 rings (SSSR count). The average Bonchev–Trinajstić information content (AvgIpc) is 3.25. The smallest absolute Gasteiger partial charge is 0.726 e. The Hall–Kier alpha value is 1.77. The van der Waals surface area contributed by atoms with Crippen molar-refractivity contribution in [2.24, 2.45) is 0 Å². The zero-order valence-electron chi connectivity index (χ0n) is 44.6. The van der Waals surface area contributed by atoms with Crippen LogP contribution in [0.5, 0.6) is 0 Å². The van der Waals surface area contributed by atoms with E-state index in [0.29, 0.717) is 25.7 Å². The molecule has 0 aromatic carbocycles. The van der Waals surface area contributed by atoms with E-state index in [9.17, 15) is 51.9 Å². The molecular formula is C48H100NaO16S4Tb. The van der Waals surface area contributed by atoms with Crippen molar-refractivity contribution in [3.05, 3.63) is 0 Å². The maximum Gasteiger partial charge on any atom is 3.00 e. The third-order valence-electron chi connectivity index (χ3n) is 10.9. The van der Waals surface area contributed by atoms with Crippen molar-refractivity contribution in [3.8, 4) is 0 Å². The summed E-state index contributed by atoms with van der Waals surface area (Å²) >= 11 is 0. The molecule has 0 spiro atoms. The first-order chi connectivity index (χ1) is 32.2. The van der Waals surface area contributed by atoms with E-state index in [-0.39, 0.29) is 94.6 Å². The Bertz CT molecular complexity index is 1230. The zero-order valence-corrected chi connectivity index (χ0v) is 52.0. The van der Waals surface area contributed by atoms with E-state index in [1.54, 1.807) is 0 Å². The first-order valence-corrected chi connectivity index (χ1v) is 32.0. The molecule has 0 N–H and O–H groups in total. The molecule has 0 fully saturated rings. The maximum atomic E-state index is 10.1. The molecule has 0 aliphatic heterocycles. The first-order valence-electron chi connectivity index (χ1n) is 26.6. The van der Waals surface area contributed by atoms with Crippen LogP contribution < -0.4 is 29.6 Å². The monoisotopic (exact) mass is 1240 g/mol. The van der Waals surface area contributed by atoms with Crippen LogP contribution in [0.1, 0.15) is 285 Å². The Kier molecular flexibility index (Phi) is 75.1. The SMILES string of the molecule is CCCCCCCCCCCCOS(=O)(=O)[O-].CCCCCCCCCCCCOS(=O)(=O)[O-].CCCCCCCCCCCCOS(=O)(=O)[O-].CCCCCCCCCCCCOS(=O)(=O)[O-].[Na+].[Tb+3]. The second-order valence-electron chi connectivity index (χ2n) is 17.6. The first kappa shape index (κ1) is 83.1. The van der Waals surface area contributed by atoms with E-state index >= 15 is 0 Å². The molecule has 0 aliphatic carbocycles. The van der Waals surface area contributed by atoms with Crippen LogP contribution in [-0.4, -0.2) is 78.3 Å². The molecule has 0 saturated heterocycles. The summed E-state index contributed by atoms with van der Waals surface area (Å²) in [5, 5.41) is 0. The molecule has 0 radical (unpaired) electrons. The average molecular weight is 1240 g/mol. The van der Waals surface area contributed by atoms with Gasteiger partial charge in [-0.2, -0.15) is 0 Å². The predicted molar refractivity (Wildman–Crippen MR) is 270 cm³/mol. The summed E-state index contributed by atoms with van der Waals surface area (Å²) in [7, 11) is -17.9. The van der Waals surface area contributed by atoms with Crippen molar-refractivity contribution >= 4 is 41.6 Å². The number of hydrogen-bond acceptors (Lipinski definition) is 16. The Labute approximate surface area is 484 Å². The Balaban J connectivity index is -0.000000193. The molecule has 0 saturated carbocycles. The van der Waals surface area contributed by atoms with Gasteiger partial charge in [-0.25, -0.2) is 33.7 Å². The summed E-state index contributed by atoms with van der Waals surface area (Å²) < 4.78 is 138. The van der Waals surface area contributed by atoms with Crippen molar-refractivity contribution in [2.45, 2.75) is 285 Å². The van der Waals surface area contributed by atoms with Gasteiger partial charge in [0.2, 0.25) is 41.6 Å². The Morgan fingerprint density at radius 3 is 0.429 bits per heavy atom. The van der Waals surface area contributed by atoms with Gasteiger partial charge in [0.05, 0.1) is 26.4 Å². The molecule has 0 atom stereocenters. The van der Waals surface area contributed by atoms with Crippen molar-refractivity contribution in [1.82, 2.24) is 0 Å². The Morgan fingerprint density at radius 2 is 0.329 bits per heavy atom. The summed E-state index contributed by atoms with van der Waals surface area (Å²) in [5.74, 6) is 0. The van der Waals surface area contributed by atoms with Gasteiger partial charge in [-0.15, -0.1) is 0 Å². The molecule has 0 amide bonds. The van der Waals surface area contributed by atoms with Gasteiger partial charge in [0.1, 0.15) is 0 Å². The maximum absolute atomic E-state index is 10.1. The number of unbranched alkanes of at least 4 members (excludes halogenated alkanes) is 36. The van der Waals surface area contributed by atoms with Crippen molar-refractivity contribution in [1.29, 1.82) is 0 Å². The van der Waals surface area contributed by atoms with Gasteiger partial charge in [0.25, 0.3) is 0 Å². The summed E-state index contributed by atoms with van der Waals surface area (Å²) in [6.07, 6.45) is 46.8. The van der Waals surface area contributed by atoms with Crippen LogP contribution in [0.2, 0.25) is 0 Å². The van der Waals surface area contributed by atoms with Gasteiger partial charge in [0, 0.05) is 0 Å². The zero-order chi connectivity index (χ0) is 51.9. The van der Waals surface area contributed by atoms with E-state index in [1.165, 1.54) is 180 Å². The molecule has 70 heavy (non-hydrogen) atoms. The minimum absolute atomic E-state index is 0. The molecule has 16 nitrogen and oxygen atoms in total. The van der Waals surface area contributed by atoms with Crippen LogP contribution >= 0.6 is 0 Å². The summed E-state index contributed by atoms with van der Waals surface area (Å²) in [6, 6.07) is 0. The summed E-state index contributed by atoms with van der Waals surface area (Å²) in [6.45, 7) is 8.97. The van der Waals surface area contributed by atoms with Crippen LogP contribution in [0.4, 0.5) is 0 Å². The third kappa shape index (κ3) is 98.9. The molecule has 0 bridgehead atoms. The normalized spacial score (nSPS) is 11.5. The minimum Gasteiger partial charge on any atom is -0.726 e. The Morgan fingerprint density at radius 1 is 0.229 bits per heavy atom. The standard InChI is InChI=1S/4C12H26O4S.Na.Tb/c4*1-2-3-4-5-6-7-8-9-10-11-12-16-17(13,14)15;;/h4*2-12H2,1H3,(H,13,14,15);;/q;;;;+1;+3/p-4. The number of hydrogen-bond donors (Lipinski definition) is 0. The molecule has 422 valence electrons. The molecule has 0 unspecified atom stereocenters. The van der Waals surface area contributed by atoms with Crippen LogP contribution in [-0.2, 0) is 58.3 Å². The molecule has 22 heteroatoms. The fourth-order valence-corrected chi connectivity index (χ4v) is 8.29. The van der Waals surface area contributed by atoms with Gasteiger partial charge in [0.15, 0.2) is 0 Å². The van der Waals surface area contributed by atoms with Gasteiger partial charge in [-0.1, -0.05) is 259 Å². The van der Waals surface area contributed by atoms with E-state index in [4.69, 9.17) is 0 Å². The minimum atomic E-state index is -4.48. The fourth-order valence-electron chi connectivity index (χ4n) is 7.00. The van der Waals surface area contributed by atoms with E-state index in [2.05, 4.69) is 44.4 Å². The topological polar surface area (TPSA) is 266 Å². The molecule has 0 aliphatic rings. The summed E-state index contributed by atoms with van der Waals surface area (Å²) in [4.78, 5) is 0. The fraction of sp³-hybridized carbons (Fsp3) is 1.00. The second kappa shape index (κ2) is 63.3. The van der Waals surface area contributed by atoms with Crippen LogP contribution in [0, 0.1) is 38.6 Å². The second-order valence-corrected chi connectivity index (χ2v) is 21.9. The van der Waals surface area contributed by atoms with Crippen LogP contribution in [0.15, 0.2) is 0 Å². The van der Waals surface area contributed by atoms with Gasteiger partial charge >= 0.3 is 68.2 Å². The molecule has 0 aromatic heterocycles. The van der Waals surface area contributed by atoms with Crippen molar-refractivity contribution in [2.75, 3.05) is 26.4 Å². The number of rotatable bonds is 48. The van der Waals surface area contributed by atoms with E-state index in [0.717, 1.165) is 51.4 Å². The quantitative estimate of drug-likeness (QED) is 0.0237. The summed E-state index contributed by atoms with van der Waals surface area (Å²) in [5.41, 5.74) is 0. The molecule has 0 aromatic rings. The van der Waals surface area contributed by atoms with E-state index in [1.807, 2.05) is 0 Å². The van der Waals surface area contributed by atoms with E-state index < -0.39 is 41.6 Å².